The maximum atomic E-state index is 12.5. The molecule has 0 spiro atoms. The predicted molar refractivity (Wildman–Crippen MR) is 378 cm³/mol. The molecule has 0 bridgehead atoms. The zero-order valence-electron chi connectivity index (χ0n) is 60.2. The van der Waals surface area contributed by atoms with Crippen molar-refractivity contribution >= 4 is 23.9 Å². The summed E-state index contributed by atoms with van der Waals surface area (Å²) in [7, 11) is 2.14. The maximum Gasteiger partial charge on any atom is 0.305 e. The minimum Gasteiger partial charge on any atom is -0.466 e. The van der Waals surface area contributed by atoms with Crippen molar-refractivity contribution in [2.45, 2.75) is 387 Å². The van der Waals surface area contributed by atoms with Crippen molar-refractivity contribution in [3.8, 4) is 0 Å². The van der Waals surface area contributed by atoms with Crippen LogP contribution in [0, 0.1) is 11.8 Å². The van der Waals surface area contributed by atoms with Gasteiger partial charge in [0.25, 0.3) is 0 Å². The van der Waals surface area contributed by atoms with Crippen LogP contribution in [0.1, 0.15) is 374 Å². The van der Waals surface area contributed by atoms with Crippen molar-refractivity contribution in [2.75, 3.05) is 72.7 Å². The van der Waals surface area contributed by atoms with Crippen LogP contribution in [0.15, 0.2) is 0 Å². The summed E-state index contributed by atoms with van der Waals surface area (Å²) in [5, 5.41) is 30.3. The van der Waals surface area contributed by atoms with E-state index in [9.17, 15) is 29.4 Å². The Morgan fingerprint density at radius 1 is 0.300 bits per heavy atom. The van der Waals surface area contributed by atoms with Gasteiger partial charge in [-0.2, -0.15) is 0 Å². The minimum absolute atomic E-state index is 0.0838. The Labute approximate surface area is 556 Å². The molecule has 0 rings (SSSR count). The topological polar surface area (TPSA) is 173 Å². The standard InChI is InChI=1S/C77H151N3O10/c1-6-10-14-18-22-26-30-34-42-56-74(83)87-64-48-38-40-54-72(81)70(52-46-50-66-89-76(85)58-44-36-32-28-24-20-16-12-8-3)68-78-60-62-80(5)63-61-79-69-71(53-47-51-67-90-77(86)59-45-37-33-29-25-21-17-13-9-4)73(82)55-41-39-49-65-88-75(84)57-43-35-31-27-23-19-15-11-7-2/h70-73,78-79,81-82H,6-69H2,1-5H3. The first kappa shape index (κ1) is 87.7. The van der Waals surface area contributed by atoms with Crippen LogP contribution in [-0.2, 0) is 38.1 Å². The summed E-state index contributed by atoms with van der Waals surface area (Å²) in [6, 6.07) is 0. The molecule has 0 fully saturated rings. The van der Waals surface area contributed by atoms with Gasteiger partial charge in [0.05, 0.1) is 38.6 Å². The number of esters is 4. The summed E-state index contributed by atoms with van der Waals surface area (Å²) < 4.78 is 22.4. The molecule has 0 saturated heterocycles. The number of nitrogens with zero attached hydrogens (tertiary/aromatic N) is 1. The number of aliphatic hydroxyl groups excluding tert-OH is 2. The fraction of sp³-hybridized carbons (Fsp3) is 0.948. The van der Waals surface area contributed by atoms with Gasteiger partial charge in [0.1, 0.15) is 0 Å². The van der Waals surface area contributed by atoms with E-state index in [1.54, 1.807) is 0 Å². The van der Waals surface area contributed by atoms with Crippen LogP contribution in [0.5, 0.6) is 0 Å². The lowest BCUT2D eigenvalue weighted by molar-refractivity contribution is -0.144. The number of hydrogen-bond acceptors (Lipinski definition) is 13. The Morgan fingerprint density at radius 3 is 0.767 bits per heavy atom. The lowest BCUT2D eigenvalue weighted by Gasteiger charge is -2.25. The lowest BCUT2D eigenvalue weighted by atomic mass is 9.92. The summed E-state index contributed by atoms with van der Waals surface area (Å²) in [5.41, 5.74) is 0. The number of ether oxygens (including phenoxy) is 4. The molecule has 4 atom stereocenters. The first-order valence-corrected chi connectivity index (χ1v) is 39.2. The van der Waals surface area contributed by atoms with Gasteiger partial charge in [0.15, 0.2) is 0 Å². The number of carbonyl (C=O) groups is 4. The highest BCUT2D eigenvalue weighted by molar-refractivity contribution is 5.70. The summed E-state index contributed by atoms with van der Waals surface area (Å²) in [5.74, 6) is -0.188. The highest BCUT2D eigenvalue weighted by Gasteiger charge is 2.21. The largest absolute Gasteiger partial charge is 0.466 e. The fourth-order valence-corrected chi connectivity index (χ4v) is 12.2. The van der Waals surface area contributed by atoms with Crippen LogP contribution < -0.4 is 10.6 Å². The SMILES string of the molecule is CCCCCCCCCCCC(=O)OCCCCCC(O)C(CCCCOC(=O)CCCCCCCCCCC)CNCCN(C)CCNCC(CCCCOC(=O)CCCCCCCCCCC)C(O)CCCCCOC(=O)CCCCCCCCCCC. The van der Waals surface area contributed by atoms with E-state index in [1.807, 2.05) is 0 Å². The number of rotatable bonds is 74. The highest BCUT2D eigenvalue weighted by Crippen LogP contribution is 2.22. The van der Waals surface area contributed by atoms with Crippen LogP contribution in [0.25, 0.3) is 0 Å². The van der Waals surface area contributed by atoms with Gasteiger partial charge in [0.2, 0.25) is 0 Å². The van der Waals surface area contributed by atoms with E-state index in [2.05, 4.69) is 50.3 Å². The molecular formula is C77H151N3O10. The van der Waals surface area contributed by atoms with Crippen molar-refractivity contribution < 1.29 is 48.3 Å². The molecule has 4 unspecified atom stereocenters. The van der Waals surface area contributed by atoms with E-state index in [0.717, 1.165) is 155 Å². The molecule has 13 nitrogen and oxygen atoms in total. The average molecular weight is 1280 g/mol. The summed E-state index contributed by atoms with van der Waals surface area (Å²) >= 11 is 0. The van der Waals surface area contributed by atoms with E-state index >= 15 is 0 Å². The zero-order valence-corrected chi connectivity index (χ0v) is 60.2. The van der Waals surface area contributed by atoms with Crippen molar-refractivity contribution in [3.63, 3.8) is 0 Å². The normalized spacial score (nSPS) is 13.0. The molecule has 0 aliphatic rings. The number of nitrogens with one attached hydrogen (secondary N) is 2. The Morgan fingerprint density at radius 2 is 0.511 bits per heavy atom. The third kappa shape index (κ3) is 64.4. The zero-order chi connectivity index (χ0) is 65.7. The van der Waals surface area contributed by atoms with Crippen molar-refractivity contribution in [3.05, 3.63) is 0 Å². The van der Waals surface area contributed by atoms with Crippen LogP contribution >= 0.6 is 0 Å². The molecule has 534 valence electrons. The van der Waals surface area contributed by atoms with Gasteiger partial charge in [-0.25, -0.2) is 0 Å². The fourth-order valence-electron chi connectivity index (χ4n) is 12.2. The molecule has 0 radical (unpaired) electrons. The van der Waals surface area contributed by atoms with Crippen molar-refractivity contribution in [2.24, 2.45) is 11.8 Å². The highest BCUT2D eigenvalue weighted by atomic mass is 16.5. The molecule has 0 amide bonds. The molecular weight excluding hydrogens is 1130 g/mol. The molecule has 0 aliphatic carbocycles. The van der Waals surface area contributed by atoms with Gasteiger partial charge < -0.3 is 44.7 Å². The Kier molecular flexibility index (Phi) is 69.2. The van der Waals surface area contributed by atoms with Crippen molar-refractivity contribution in [1.29, 1.82) is 0 Å². The lowest BCUT2D eigenvalue weighted by Crippen LogP contribution is -2.39. The van der Waals surface area contributed by atoms with Gasteiger partial charge in [-0.15, -0.1) is 0 Å². The van der Waals surface area contributed by atoms with Crippen LogP contribution in [0.3, 0.4) is 0 Å². The summed E-state index contributed by atoms with van der Waals surface area (Å²) in [6.07, 6.45) is 56.8. The maximum absolute atomic E-state index is 12.5. The number of carbonyl (C=O) groups excluding carboxylic acids is 4. The molecule has 0 aromatic heterocycles. The van der Waals surface area contributed by atoms with Gasteiger partial charge >= 0.3 is 23.9 Å². The Hall–Kier alpha value is -2.32. The van der Waals surface area contributed by atoms with Crippen LogP contribution in [-0.4, -0.2) is 124 Å². The molecule has 13 heteroatoms. The smallest absolute Gasteiger partial charge is 0.305 e. The van der Waals surface area contributed by atoms with E-state index in [0.29, 0.717) is 78.0 Å². The number of likely N-dealkylation sites (N-methyl/N-ethyl adjacent to an activating group) is 1. The Bertz CT molecular complexity index is 1420. The number of hydrogen-bond donors (Lipinski definition) is 4. The second-order valence-corrected chi connectivity index (χ2v) is 27.3. The molecule has 0 saturated carbocycles. The second-order valence-electron chi connectivity index (χ2n) is 27.3. The quantitative estimate of drug-likeness (QED) is 0.0258. The monoisotopic (exact) mass is 1280 g/mol. The third-order valence-electron chi connectivity index (χ3n) is 18.5. The first-order valence-electron chi connectivity index (χ1n) is 39.2. The minimum atomic E-state index is -0.445. The summed E-state index contributed by atoms with van der Waals surface area (Å²) in [4.78, 5) is 52.0. The predicted octanol–water partition coefficient (Wildman–Crippen LogP) is 19.4. The molecule has 4 N–H and O–H groups in total. The molecule has 0 aliphatic heterocycles. The van der Waals surface area contributed by atoms with Gasteiger partial charge in [-0.1, -0.05) is 246 Å². The van der Waals surface area contributed by atoms with E-state index < -0.39 is 12.2 Å². The average Bonchev–Trinajstić information content (AvgIpc) is 3.71. The van der Waals surface area contributed by atoms with E-state index in [-0.39, 0.29) is 35.7 Å². The van der Waals surface area contributed by atoms with E-state index in [1.165, 1.54) is 180 Å². The van der Waals surface area contributed by atoms with E-state index in [4.69, 9.17) is 18.9 Å². The molecule has 0 heterocycles. The number of aliphatic hydroxyl groups is 2. The van der Waals surface area contributed by atoms with Crippen molar-refractivity contribution in [1.82, 2.24) is 15.5 Å². The second kappa shape index (κ2) is 71.0. The molecule has 0 aromatic rings. The molecule has 0 aromatic carbocycles. The first-order chi connectivity index (χ1) is 44.1. The summed E-state index contributed by atoms with van der Waals surface area (Å²) in [6.45, 7) is 15.5. The molecule has 90 heavy (non-hydrogen) atoms. The number of unbranched alkanes of at least 4 members (excludes halogenated alkanes) is 38. The third-order valence-corrected chi connectivity index (χ3v) is 18.5. The van der Waals surface area contributed by atoms with Gasteiger partial charge in [-0.3, -0.25) is 19.2 Å². The van der Waals surface area contributed by atoms with Crippen LogP contribution in [0.4, 0.5) is 0 Å². The van der Waals surface area contributed by atoms with Gasteiger partial charge in [-0.05, 0) is 122 Å². The van der Waals surface area contributed by atoms with Gasteiger partial charge in [0, 0.05) is 65.0 Å². The van der Waals surface area contributed by atoms with Crippen LogP contribution in [0.2, 0.25) is 0 Å². The Balaban J connectivity index is 5.06.